The van der Waals surface area contributed by atoms with Gasteiger partial charge in [-0.3, -0.25) is 28.8 Å². The largest absolute Gasteiger partial charge is 0.460 e. The zero-order valence-corrected chi connectivity index (χ0v) is 42.9. The molecular formula is C49H71N9O15. The number of amides is 8. The van der Waals surface area contributed by atoms with E-state index in [1.54, 1.807) is 65.0 Å². The minimum Gasteiger partial charge on any atom is -0.460 e. The number of carbonyl (C=O) groups is 9. The molecule has 8 N–H and O–H groups in total. The third kappa shape index (κ3) is 18.4. The number of nitrogens with zero attached hydrogens (tertiary/aromatic N) is 2. The monoisotopic (exact) mass is 1030 g/mol. The van der Waals surface area contributed by atoms with Gasteiger partial charge in [-0.25, -0.2) is 19.4 Å². The first-order valence-corrected chi connectivity index (χ1v) is 23.6. The summed E-state index contributed by atoms with van der Waals surface area (Å²) in [7, 11) is 0. The highest BCUT2D eigenvalue weighted by atomic mass is 16.7. The lowest BCUT2D eigenvalue weighted by atomic mass is 9.98. The molecule has 8 amide bonds. The number of hydrogen-bond acceptors (Lipinski definition) is 16. The van der Waals surface area contributed by atoms with Crippen LogP contribution in [-0.2, 0) is 57.2 Å². The van der Waals surface area contributed by atoms with Gasteiger partial charge in [-0.1, -0.05) is 69.5 Å². The third-order valence-electron chi connectivity index (χ3n) is 10.7. The van der Waals surface area contributed by atoms with Crippen molar-refractivity contribution >= 4 is 59.8 Å². The second kappa shape index (κ2) is 28.2. The van der Waals surface area contributed by atoms with E-state index >= 15 is 0 Å². The van der Waals surface area contributed by atoms with Crippen LogP contribution in [0.2, 0.25) is 0 Å². The number of allylic oxidation sites excluding steroid dienone is 1. The molecule has 0 aliphatic carbocycles. The van der Waals surface area contributed by atoms with Gasteiger partial charge >= 0.3 is 18.2 Å². The molecule has 73 heavy (non-hydrogen) atoms. The number of hydrazone groups is 1. The van der Waals surface area contributed by atoms with Gasteiger partial charge in [-0.2, -0.15) is 5.10 Å². The molecule has 24 heteroatoms. The summed E-state index contributed by atoms with van der Waals surface area (Å²) in [5.41, 5.74) is -2.21. The lowest BCUT2D eigenvalue weighted by Gasteiger charge is -2.40. The molecule has 402 valence electrons. The maximum absolute atomic E-state index is 14.7. The van der Waals surface area contributed by atoms with Gasteiger partial charge in [0.05, 0.1) is 25.9 Å². The highest BCUT2D eigenvalue weighted by Crippen LogP contribution is 2.28. The molecule has 2 aliphatic heterocycles. The Morgan fingerprint density at radius 1 is 0.849 bits per heavy atom. The molecule has 0 spiro atoms. The number of aliphatic hydroxyl groups excluding tert-OH is 1. The van der Waals surface area contributed by atoms with E-state index in [9.17, 15) is 48.3 Å². The average Bonchev–Trinajstić information content (AvgIpc) is 3.33. The van der Waals surface area contributed by atoms with Gasteiger partial charge in [0, 0.05) is 11.8 Å². The quantitative estimate of drug-likeness (QED) is 0.0333. The number of alkyl carbamates (subject to hydrolysis) is 2. The molecule has 0 bridgehead atoms. The number of hydrogen-bond donors (Lipinski definition) is 8. The van der Waals surface area contributed by atoms with E-state index in [0.29, 0.717) is 11.1 Å². The fourth-order valence-electron chi connectivity index (χ4n) is 7.03. The molecule has 0 unspecified atom stereocenters. The molecule has 0 aromatic heterocycles. The first-order valence-electron chi connectivity index (χ1n) is 23.6. The lowest BCUT2D eigenvalue weighted by molar-refractivity contribution is -0.216. The summed E-state index contributed by atoms with van der Waals surface area (Å²) in [5.74, 6) is -6.63. The van der Waals surface area contributed by atoms with Crippen LogP contribution in [0.15, 0.2) is 72.0 Å². The summed E-state index contributed by atoms with van der Waals surface area (Å²) in [5, 5.41) is 32.4. The Morgan fingerprint density at radius 3 is 2.05 bits per heavy atom. The second-order valence-electron chi connectivity index (χ2n) is 18.8. The number of rotatable bonds is 23. The van der Waals surface area contributed by atoms with Crippen molar-refractivity contribution in [3.63, 3.8) is 0 Å². The molecule has 3 rings (SSSR count). The van der Waals surface area contributed by atoms with Crippen molar-refractivity contribution in [2.75, 3.05) is 33.0 Å². The number of aliphatic hydroxyl groups is 1. The van der Waals surface area contributed by atoms with Crippen LogP contribution < -0.4 is 37.2 Å². The summed E-state index contributed by atoms with van der Waals surface area (Å²) in [4.78, 5) is 123. The van der Waals surface area contributed by atoms with Crippen LogP contribution in [0.3, 0.4) is 0 Å². The molecule has 0 radical (unpaired) electrons. The smallest absolute Gasteiger partial charge is 0.408 e. The summed E-state index contributed by atoms with van der Waals surface area (Å²) in [6, 6.07) is 0.261. The van der Waals surface area contributed by atoms with Gasteiger partial charge < -0.3 is 66.0 Å². The minimum atomic E-state index is -1.92. The summed E-state index contributed by atoms with van der Waals surface area (Å²) >= 11 is 0. The first kappa shape index (κ1) is 60.1. The van der Waals surface area contributed by atoms with Gasteiger partial charge in [0.2, 0.25) is 17.7 Å². The van der Waals surface area contributed by atoms with Crippen LogP contribution in [0.25, 0.3) is 0 Å². The highest BCUT2D eigenvalue weighted by molar-refractivity contribution is 6.02. The number of benzene rings is 1. The van der Waals surface area contributed by atoms with Crippen molar-refractivity contribution < 1.29 is 71.9 Å². The zero-order valence-electron chi connectivity index (χ0n) is 42.9. The van der Waals surface area contributed by atoms with Gasteiger partial charge in [-0.15, -0.1) is 0 Å². The summed E-state index contributed by atoms with van der Waals surface area (Å²) < 4.78 is 27.2. The Labute approximate surface area is 424 Å². The summed E-state index contributed by atoms with van der Waals surface area (Å²) in [6.07, 6.45) is 1.33. The van der Waals surface area contributed by atoms with Crippen LogP contribution in [0.4, 0.5) is 9.59 Å². The van der Waals surface area contributed by atoms with E-state index in [2.05, 4.69) is 55.5 Å². The Balaban J connectivity index is 1.90. The molecule has 6 atom stereocenters. The molecule has 1 aromatic carbocycles. The molecule has 1 fully saturated rings. The second-order valence-corrected chi connectivity index (χ2v) is 18.8. The molecule has 1 saturated heterocycles. The van der Waals surface area contributed by atoms with Crippen molar-refractivity contribution in [3.8, 4) is 0 Å². The Morgan fingerprint density at radius 2 is 1.48 bits per heavy atom. The zero-order chi connectivity index (χ0) is 54.6. The molecule has 2 heterocycles. The first-order chi connectivity index (χ1) is 34.4. The van der Waals surface area contributed by atoms with Crippen LogP contribution in [-0.4, -0.2) is 150 Å². The van der Waals surface area contributed by atoms with E-state index in [1.165, 1.54) is 46.1 Å². The highest BCUT2D eigenvalue weighted by Gasteiger charge is 2.48. The van der Waals surface area contributed by atoms with Gasteiger partial charge in [0.25, 0.3) is 17.7 Å². The third-order valence-corrected chi connectivity index (χ3v) is 10.7. The number of carbonyl (C=O) groups excluding carboxylic acids is 9. The number of ether oxygens (including phenoxy) is 5. The van der Waals surface area contributed by atoms with Crippen molar-refractivity contribution in [2.24, 2.45) is 11.0 Å². The van der Waals surface area contributed by atoms with Crippen LogP contribution in [0.5, 0.6) is 0 Å². The predicted molar refractivity (Wildman–Crippen MR) is 263 cm³/mol. The topological polar surface area (TPSA) is 320 Å². The van der Waals surface area contributed by atoms with E-state index in [-0.39, 0.29) is 44.1 Å². The van der Waals surface area contributed by atoms with Crippen molar-refractivity contribution in [1.29, 1.82) is 0 Å². The maximum atomic E-state index is 14.7. The van der Waals surface area contributed by atoms with Crippen LogP contribution >= 0.6 is 0 Å². The SMILES string of the molecule is C=CCOC(=O)N[C@@H](C)[C@H](NC(=O)[C@H](C)NC(=O)C1(NC(=O)OC(C)(C)C)COC(c2ccccc2)OC1)C(=O)N1N=CCC[C@H]1C(=O)N[C@@H](CC(C)C)C(=O)NC(C(=O)N[C@@H](CO)C(=O)OCC=C)=C(C)C. The molecule has 1 aromatic rings. The van der Waals surface area contributed by atoms with E-state index < -0.39 is 127 Å². The van der Waals surface area contributed by atoms with E-state index in [4.69, 9.17) is 23.7 Å². The minimum absolute atomic E-state index is 0.0124. The predicted octanol–water partition coefficient (Wildman–Crippen LogP) is 1.41. The fraction of sp³-hybridized carbons (Fsp3) is 0.551. The lowest BCUT2D eigenvalue weighted by Crippen LogP contribution is -2.68. The van der Waals surface area contributed by atoms with Gasteiger partial charge in [-0.05, 0) is 79.2 Å². The van der Waals surface area contributed by atoms with Gasteiger partial charge in [0.1, 0.15) is 48.7 Å². The number of nitrogens with one attached hydrogen (secondary N) is 7. The number of esters is 1. The Bertz CT molecular complexity index is 2220. The van der Waals surface area contributed by atoms with E-state index in [0.717, 1.165) is 5.01 Å². The maximum Gasteiger partial charge on any atom is 0.408 e. The molecule has 24 nitrogen and oxygen atoms in total. The molecule has 2 aliphatic rings. The van der Waals surface area contributed by atoms with Crippen molar-refractivity contribution in [2.45, 2.75) is 135 Å². The fourth-order valence-corrected chi connectivity index (χ4v) is 7.03. The Kier molecular flexibility index (Phi) is 23.2. The van der Waals surface area contributed by atoms with Crippen molar-refractivity contribution in [1.82, 2.24) is 42.2 Å². The van der Waals surface area contributed by atoms with E-state index in [1.807, 2.05) is 0 Å². The van der Waals surface area contributed by atoms with Crippen LogP contribution in [0, 0.1) is 5.92 Å². The van der Waals surface area contributed by atoms with Crippen molar-refractivity contribution in [3.05, 3.63) is 72.5 Å². The molecule has 0 saturated carbocycles. The average molecular weight is 1030 g/mol. The van der Waals surface area contributed by atoms with Gasteiger partial charge in [0.15, 0.2) is 17.9 Å². The van der Waals surface area contributed by atoms with Crippen LogP contribution in [0.1, 0.15) is 93.4 Å². The summed E-state index contributed by atoms with van der Waals surface area (Å²) in [6.45, 7) is 19.1. The Hall–Kier alpha value is -7.18. The standard InChI is InChI=1S/C49H71N9O15/c1-12-22-69-43(65)34(25-59)54-41(63)36(29(5)6)55-39(61)33(24-28(3)4)53-40(62)35-20-17-21-50-58(35)42(64)37(30(7)52-46(67)70-23-13-2)56-38(60)31(8)51-45(66)49(57-47(68)73-48(9,10)11)26-71-44(72-27-49)32-18-15-14-16-19-32/h12-16,18-19,21,28,30-31,33-35,37,44,59H,1-2,17,20,22-27H2,3-11H3,(H,51,66)(H,52,67)(H,53,62)(H,54,63)(H,55,61)(H,56,60)(H,57,68)/t30-,31-,33-,34-,35-,37-,44?,49?/m0/s1. The normalized spacial score (nSPS) is 19.4. The molecular weight excluding hydrogens is 955 g/mol.